The molecule has 31 heavy (non-hydrogen) atoms. The lowest BCUT2D eigenvalue weighted by molar-refractivity contribution is -0.115. The Balaban J connectivity index is 1.75. The number of ketones is 1. The van der Waals surface area contributed by atoms with Crippen LogP contribution in [0.1, 0.15) is 29.8 Å². The highest BCUT2D eigenvalue weighted by Crippen LogP contribution is 2.28. The maximum Gasteiger partial charge on any atom is 0.237 e. The highest BCUT2D eigenvalue weighted by atomic mass is 32.2. The van der Waals surface area contributed by atoms with Crippen molar-refractivity contribution in [1.82, 2.24) is 14.8 Å². The van der Waals surface area contributed by atoms with Gasteiger partial charge in [-0.2, -0.15) is 0 Å². The smallest absolute Gasteiger partial charge is 0.237 e. The molecule has 162 valence electrons. The summed E-state index contributed by atoms with van der Waals surface area (Å²) in [7, 11) is 1.65. The largest absolute Gasteiger partial charge is 0.383 e. The summed E-state index contributed by atoms with van der Waals surface area (Å²) < 4.78 is 7.23. The molecule has 0 fully saturated rings. The van der Waals surface area contributed by atoms with Gasteiger partial charge in [0.25, 0.3) is 0 Å². The average Bonchev–Trinajstić information content (AvgIpc) is 3.14. The van der Waals surface area contributed by atoms with Gasteiger partial charge in [0.1, 0.15) is 0 Å². The Morgan fingerprint density at radius 1 is 1.16 bits per heavy atom. The van der Waals surface area contributed by atoms with Gasteiger partial charge in [-0.25, -0.2) is 0 Å². The van der Waals surface area contributed by atoms with Crippen LogP contribution in [0.5, 0.6) is 0 Å². The second-order valence-corrected chi connectivity index (χ2v) is 8.51. The Labute approximate surface area is 186 Å². The van der Waals surface area contributed by atoms with Gasteiger partial charge in [0.15, 0.2) is 16.8 Å². The van der Waals surface area contributed by atoms with Crippen LogP contribution in [0.3, 0.4) is 0 Å². The SMILES string of the molecule is COCCn1c(S[C@@H](C)C(=O)Nc2ccc(C(C)=O)cc2)nnc1-c1cccc(C)c1. The molecule has 1 atom stereocenters. The molecular formula is C23H26N4O3S. The van der Waals surface area contributed by atoms with Gasteiger partial charge < -0.3 is 10.1 Å². The predicted molar refractivity (Wildman–Crippen MR) is 122 cm³/mol. The molecule has 0 radical (unpaired) electrons. The van der Waals surface area contributed by atoms with Crippen molar-refractivity contribution < 1.29 is 14.3 Å². The fourth-order valence-electron chi connectivity index (χ4n) is 3.00. The van der Waals surface area contributed by atoms with E-state index in [-0.39, 0.29) is 11.7 Å². The zero-order valence-electron chi connectivity index (χ0n) is 18.1. The molecule has 3 aromatic rings. The Bertz CT molecular complexity index is 1060. The third kappa shape index (κ3) is 5.80. The van der Waals surface area contributed by atoms with E-state index in [0.717, 1.165) is 17.0 Å². The number of rotatable bonds is 9. The number of nitrogens with one attached hydrogen (secondary N) is 1. The number of anilines is 1. The number of benzene rings is 2. The molecule has 1 N–H and O–H groups in total. The van der Waals surface area contributed by atoms with E-state index in [1.54, 1.807) is 31.4 Å². The van der Waals surface area contributed by atoms with E-state index in [9.17, 15) is 9.59 Å². The van der Waals surface area contributed by atoms with E-state index in [4.69, 9.17) is 4.74 Å². The summed E-state index contributed by atoms with van der Waals surface area (Å²) in [6, 6.07) is 14.9. The van der Waals surface area contributed by atoms with Crippen LogP contribution >= 0.6 is 11.8 Å². The quantitative estimate of drug-likeness (QED) is 0.398. The Morgan fingerprint density at radius 3 is 2.55 bits per heavy atom. The topological polar surface area (TPSA) is 86.1 Å². The molecule has 2 aromatic carbocycles. The summed E-state index contributed by atoms with van der Waals surface area (Å²) in [6.07, 6.45) is 0. The van der Waals surface area contributed by atoms with Crippen LogP contribution in [0.2, 0.25) is 0 Å². The molecule has 0 saturated heterocycles. The lowest BCUT2D eigenvalue weighted by atomic mass is 10.1. The molecule has 8 heteroatoms. The van der Waals surface area contributed by atoms with Gasteiger partial charge in [0.05, 0.1) is 18.4 Å². The number of hydrogen-bond donors (Lipinski definition) is 1. The zero-order chi connectivity index (χ0) is 22.4. The first kappa shape index (κ1) is 22.7. The van der Waals surface area contributed by atoms with Crippen LogP contribution in [0.4, 0.5) is 5.69 Å². The van der Waals surface area contributed by atoms with Crippen LogP contribution in [0.15, 0.2) is 53.7 Å². The van der Waals surface area contributed by atoms with E-state index in [0.29, 0.717) is 29.6 Å². The fourth-order valence-corrected chi connectivity index (χ4v) is 3.88. The minimum Gasteiger partial charge on any atom is -0.383 e. The number of methoxy groups -OCH3 is 1. The van der Waals surface area contributed by atoms with Crippen LogP contribution in [0, 0.1) is 6.92 Å². The number of hydrogen-bond acceptors (Lipinski definition) is 6. The highest BCUT2D eigenvalue weighted by molar-refractivity contribution is 8.00. The van der Waals surface area contributed by atoms with Crippen molar-refractivity contribution in [2.75, 3.05) is 19.0 Å². The molecule has 1 heterocycles. The number of thioether (sulfide) groups is 1. The molecule has 0 saturated carbocycles. The van der Waals surface area contributed by atoms with Crippen molar-refractivity contribution >= 4 is 29.1 Å². The van der Waals surface area contributed by atoms with Gasteiger partial charge in [0, 0.05) is 23.9 Å². The van der Waals surface area contributed by atoms with E-state index >= 15 is 0 Å². The Hall–Kier alpha value is -2.97. The maximum atomic E-state index is 12.7. The summed E-state index contributed by atoms with van der Waals surface area (Å²) in [5.74, 6) is 0.580. The molecule has 0 unspecified atom stereocenters. The van der Waals surface area contributed by atoms with E-state index < -0.39 is 5.25 Å². The molecule has 1 amide bonds. The molecular weight excluding hydrogens is 412 g/mol. The van der Waals surface area contributed by atoms with Gasteiger partial charge in [-0.3, -0.25) is 14.2 Å². The normalized spacial score (nSPS) is 11.9. The molecule has 7 nitrogen and oxygen atoms in total. The molecule has 1 aromatic heterocycles. The molecule has 3 rings (SSSR count). The lowest BCUT2D eigenvalue weighted by Gasteiger charge is -2.14. The lowest BCUT2D eigenvalue weighted by Crippen LogP contribution is -2.23. The summed E-state index contributed by atoms with van der Waals surface area (Å²) in [6.45, 7) is 6.45. The Morgan fingerprint density at radius 2 is 1.90 bits per heavy atom. The maximum absolute atomic E-state index is 12.7. The van der Waals surface area contributed by atoms with Gasteiger partial charge >= 0.3 is 0 Å². The summed E-state index contributed by atoms with van der Waals surface area (Å²) >= 11 is 1.34. The first-order chi connectivity index (χ1) is 14.9. The van der Waals surface area contributed by atoms with Crippen LogP contribution < -0.4 is 5.32 Å². The second kappa shape index (κ2) is 10.4. The first-order valence-electron chi connectivity index (χ1n) is 9.96. The van der Waals surface area contributed by atoms with Crippen molar-refractivity contribution in [1.29, 1.82) is 0 Å². The van der Waals surface area contributed by atoms with Crippen molar-refractivity contribution in [2.45, 2.75) is 37.7 Å². The van der Waals surface area contributed by atoms with Crippen molar-refractivity contribution in [3.63, 3.8) is 0 Å². The standard InChI is InChI=1S/C23H26N4O3S/c1-15-6-5-7-19(14-15)21-25-26-23(27(21)12-13-30-4)31-17(3)22(29)24-20-10-8-18(9-11-20)16(2)28/h5-11,14,17H,12-13H2,1-4H3,(H,24,29)/t17-/m0/s1. The number of carbonyl (C=O) groups is 2. The first-order valence-corrected chi connectivity index (χ1v) is 10.8. The number of ether oxygens (including phenoxy) is 1. The molecule has 0 aliphatic rings. The molecule has 0 aliphatic carbocycles. The number of Topliss-reactive ketones (excluding diaryl/α,β-unsaturated/α-hetero) is 1. The number of amides is 1. The summed E-state index contributed by atoms with van der Waals surface area (Å²) in [5.41, 5.74) is 3.36. The molecule has 0 aliphatic heterocycles. The highest BCUT2D eigenvalue weighted by Gasteiger charge is 2.21. The van der Waals surface area contributed by atoms with E-state index in [2.05, 4.69) is 21.6 Å². The predicted octanol–water partition coefficient (Wildman–Crippen LogP) is 4.22. The fraction of sp³-hybridized carbons (Fsp3) is 0.304. The average molecular weight is 439 g/mol. The summed E-state index contributed by atoms with van der Waals surface area (Å²) in [4.78, 5) is 24.1. The monoisotopic (exact) mass is 438 g/mol. The minimum absolute atomic E-state index is 0.0124. The van der Waals surface area contributed by atoms with Crippen LogP contribution in [-0.2, 0) is 16.1 Å². The number of carbonyl (C=O) groups excluding carboxylic acids is 2. The van der Waals surface area contributed by atoms with Crippen molar-refractivity contribution in [3.05, 3.63) is 59.7 Å². The molecule has 0 bridgehead atoms. The minimum atomic E-state index is -0.400. The van der Waals surface area contributed by atoms with Gasteiger partial charge in [0.2, 0.25) is 5.91 Å². The van der Waals surface area contributed by atoms with Crippen LogP contribution in [-0.4, -0.2) is 45.4 Å². The van der Waals surface area contributed by atoms with Gasteiger partial charge in [-0.1, -0.05) is 35.5 Å². The zero-order valence-corrected chi connectivity index (χ0v) is 18.9. The van der Waals surface area contributed by atoms with Gasteiger partial charge in [-0.15, -0.1) is 10.2 Å². The van der Waals surface area contributed by atoms with Crippen molar-refractivity contribution in [2.24, 2.45) is 0 Å². The van der Waals surface area contributed by atoms with Crippen molar-refractivity contribution in [3.8, 4) is 11.4 Å². The Kier molecular flexibility index (Phi) is 7.59. The third-order valence-corrected chi connectivity index (χ3v) is 5.80. The van der Waals surface area contributed by atoms with Crippen LogP contribution in [0.25, 0.3) is 11.4 Å². The van der Waals surface area contributed by atoms with Gasteiger partial charge in [-0.05, 0) is 51.1 Å². The number of aryl methyl sites for hydroxylation is 1. The number of aromatic nitrogens is 3. The second-order valence-electron chi connectivity index (χ2n) is 7.20. The third-order valence-electron chi connectivity index (χ3n) is 4.72. The van der Waals surface area contributed by atoms with E-state index in [1.807, 2.05) is 36.6 Å². The summed E-state index contributed by atoms with van der Waals surface area (Å²) in [5, 5.41) is 11.9. The van der Waals surface area contributed by atoms with E-state index in [1.165, 1.54) is 18.7 Å². The molecule has 0 spiro atoms. The number of nitrogens with zero attached hydrogens (tertiary/aromatic N) is 3.